The smallest absolute Gasteiger partial charge is 0.229 e. The van der Waals surface area contributed by atoms with E-state index in [1.54, 1.807) is 0 Å². The molecule has 5 heteroatoms. The molecule has 3 aromatic rings. The zero-order valence-electron chi connectivity index (χ0n) is 15.6. The summed E-state index contributed by atoms with van der Waals surface area (Å²) in [6, 6.07) is 17.9. The second-order valence-electron chi connectivity index (χ2n) is 7.54. The summed E-state index contributed by atoms with van der Waals surface area (Å²) in [7, 11) is 0. The Hall–Kier alpha value is -2.66. The number of rotatable bonds is 4. The van der Waals surface area contributed by atoms with E-state index in [0.29, 0.717) is 32.5 Å². The summed E-state index contributed by atoms with van der Waals surface area (Å²) in [6.45, 7) is 3.56. The number of carbonyl (C=O) groups excluding carboxylic acids is 1. The molecule has 0 bridgehead atoms. The lowest BCUT2D eigenvalue weighted by Gasteiger charge is -2.39. The van der Waals surface area contributed by atoms with Crippen LogP contribution in [0.1, 0.15) is 31.2 Å². The molecule has 27 heavy (non-hydrogen) atoms. The van der Waals surface area contributed by atoms with Crippen molar-refractivity contribution in [2.24, 2.45) is 0 Å². The normalized spacial score (nSPS) is 17.8. The Morgan fingerprint density at radius 2 is 1.78 bits per heavy atom. The SMILES string of the molecule is C[C@H](C(=O)N1CCC(O)(Cn2ncc3ccccc32)CC1)c1ccccc1. The molecule has 2 aromatic carbocycles. The molecule has 1 amide bonds. The molecular weight excluding hydrogens is 338 g/mol. The van der Waals surface area contributed by atoms with Crippen LogP contribution in [0.4, 0.5) is 0 Å². The maximum absolute atomic E-state index is 12.8. The fourth-order valence-electron chi connectivity index (χ4n) is 3.89. The number of carbonyl (C=O) groups is 1. The van der Waals surface area contributed by atoms with Crippen molar-refractivity contribution in [1.29, 1.82) is 0 Å². The molecule has 1 aliphatic heterocycles. The second-order valence-corrected chi connectivity index (χ2v) is 7.54. The molecule has 1 aromatic heterocycles. The van der Waals surface area contributed by atoms with Gasteiger partial charge in [0.05, 0.1) is 29.8 Å². The highest BCUT2D eigenvalue weighted by Crippen LogP contribution is 2.28. The van der Waals surface area contributed by atoms with E-state index in [-0.39, 0.29) is 11.8 Å². The highest BCUT2D eigenvalue weighted by atomic mass is 16.3. The van der Waals surface area contributed by atoms with Gasteiger partial charge in [-0.3, -0.25) is 9.48 Å². The van der Waals surface area contributed by atoms with Gasteiger partial charge in [0, 0.05) is 18.5 Å². The number of likely N-dealkylation sites (tertiary alicyclic amines) is 1. The van der Waals surface area contributed by atoms with Crippen molar-refractivity contribution in [3.05, 3.63) is 66.4 Å². The first-order valence-corrected chi connectivity index (χ1v) is 9.52. The standard InChI is InChI=1S/C22H25N3O2/c1-17(18-7-3-2-4-8-18)21(26)24-13-11-22(27,12-14-24)16-25-20-10-6-5-9-19(20)15-23-25/h2-10,15,17,27H,11-14,16H2,1H3/t17-/m0/s1. The summed E-state index contributed by atoms with van der Waals surface area (Å²) >= 11 is 0. The maximum Gasteiger partial charge on any atom is 0.229 e. The Kier molecular flexibility index (Phi) is 4.70. The first-order chi connectivity index (χ1) is 13.1. The van der Waals surface area contributed by atoms with E-state index in [2.05, 4.69) is 5.10 Å². The third-order valence-corrected chi connectivity index (χ3v) is 5.67. The zero-order chi connectivity index (χ0) is 18.9. The van der Waals surface area contributed by atoms with Crippen LogP contribution in [0.2, 0.25) is 0 Å². The van der Waals surface area contributed by atoms with E-state index in [4.69, 9.17) is 0 Å². The van der Waals surface area contributed by atoms with E-state index < -0.39 is 5.60 Å². The molecule has 5 nitrogen and oxygen atoms in total. The lowest BCUT2D eigenvalue weighted by atomic mass is 9.90. The third kappa shape index (κ3) is 3.60. The number of hydrogen-bond acceptors (Lipinski definition) is 3. The largest absolute Gasteiger partial charge is 0.388 e. The van der Waals surface area contributed by atoms with E-state index in [1.165, 1.54) is 0 Å². The average Bonchev–Trinajstić information content (AvgIpc) is 3.10. The van der Waals surface area contributed by atoms with Crippen LogP contribution in [0.15, 0.2) is 60.8 Å². The number of para-hydroxylation sites is 1. The number of aliphatic hydroxyl groups is 1. The second kappa shape index (κ2) is 7.16. The molecule has 1 fully saturated rings. The van der Waals surface area contributed by atoms with Crippen LogP contribution in [-0.2, 0) is 11.3 Å². The number of nitrogens with zero attached hydrogens (tertiary/aromatic N) is 3. The molecule has 0 unspecified atom stereocenters. The van der Waals surface area contributed by atoms with Gasteiger partial charge in [0.2, 0.25) is 5.91 Å². The number of amides is 1. The Bertz CT molecular complexity index is 927. The molecule has 1 atom stereocenters. The molecule has 0 saturated carbocycles. The fourth-order valence-corrected chi connectivity index (χ4v) is 3.89. The topological polar surface area (TPSA) is 58.4 Å². The van der Waals surface area contributed by atoms with Gasteiger partial charge in [0.15, 0.2) is 0 Å². The van der Waals surface area contributed by atoms with Crippen LogP contribution >= 0.6 is 0 Å². The van der Waals surface area contributed by atoms with Crippen LogP contribution in [-0.4, -0.2) is 44.4 Å². The first kappa shape index (κ1) is 17.7. The minimum atomic E-state index is -0.832. The molecule has 0 spiro atoms. The predicted molar refractivity (Wildman–Crippen MR) is 105 cm³/mol. The molecule has 0 aliphatic carbocycles. The van der Waals surface area contributed by atoms with Crippen LogP contribution in [0.3, 0.4) is 0 Å². The van der Waals surface area contributed by atoms with Crippen molar-refractivity contribution in [2.75, 3.05) is 13.1 Å². The van der Waals surface area contributed by atoms with Crippen LogP contribution in [0.5, 0.6) is 0 Å². The number of benzene rings is 2. The lowest BCUT2D eigenvalue weighted by molar-refractivity contribution is -0.137. The van der Waals surface area contributed by atoms with Gasteiger partial charge >= 0.3 is 0 Å². The molecule has 2 heterocycles. The van der Waals surface area contributed by atoms with Crippen molar-refractivity contribution in [1.82, 2.24) is 14.7 Å². The number of hydrogen-bond donors (Lipinski definition) is 1. The Morgan fingerprint density at radius 3 is 2.52 bits per heavy atom. The highest BCUT2D eigenvalue weighted by Gasteiger charge is 2.36. The van der Waals surface area contributed by atoms with Crippen molar-refractivity contribution >= 4 is 16.8 Å². The minimum absolute atomic E-state index is 0.132. The van der Waals surface area contributed by atoms with E-state index >= 15 is 0 Å². The lowest BCUT2D eigenvalue weighted by Crippen LogP contribution is -2.49. The monoisotopic (exact) mass is 363 g/mol. The quantitative estimate of drug-likeness (QED) is 0.774. The molecule has 1 saturated heterocycles. The molecule has 1 N–H and O–H groups in total. The third-order valence-electron chi connectivity index (χ3n) is 5.67. The van der Waals surface area contributed by atoms with Gasteiger partial charge in [-0.2, -0.15) is 5.10 Å². The Balaban J connectivity index is 1.41. The van der Waals surface area contributed by atoms with Crippen LogP contribution in [0.25, 0.3) is 10.9 Å². The van der Waals surface area contributed by atoms with E-state index in [1.807, 2.05) is 77.3 Å². The molecular formula is C22H25N3O2. The van der Waals surface area contributed by atoms with Crippen molar-refractivity contribution < 1.29 is 9.90 Å². The maximum atomic E-state index is 12.8. The summed E-state index contributed by atoms with van der Waals surface area (Å²) in [4.78, 5) is 14.7. The van der Waals surface area contributed by atoms with Crippen molar-refractivity contribution in [3.63, 3.8) is 0 Å². The summed E-state index contributed by atoms with van der Waals surface area (Å²) in [6.07, 6.45) is 2.96. The number of fused-ring (bicyclic) bond motifs is 1. The first-order valence-electron chi connectivity index (χ1n) is 9.52. The van der Waals surface area contributed by atoms with Gasteiger partial charge in [0.1, 0.15) is 0 Å². The Labute approximate surface area is 159 Å². The van der Waals surface area contributed by atoms with Gasteiger partial charge < -0.3 is 10.0 Å². The van der Waals surface area contributed by atoms with Gasteiger partial charge in [-0.1, -0.05) is 48.5 Å². The number of piperidine rings is 1. The Morgan fingerprint density at radius 1 is 1.11 bits per heavy atom. The molecule has 0 radical (unpaired) electrons. The van der Waals surface area contributed by atoms with Crippen LogP contribution in [0, 0.1) is 0 Å². The van der Waals surface area contributed by atoms with Gasteiger partial charge in [-0.15, -0.1) is 0 Å². The summed E-state index contributed by atoms with van der Waals surface area (Å²) in [5.74, 6) is -0.0276. The predicted octanol–water partition coefficient (Wildman–Crippen LogP) is 3.19. The average molecular weight is 363 g/mol. The summed E-state index contributed by atoms with van der Waals surface area (Å²) in [5.41, 5.74) is 1.23. The van der Waals surface area contributed by atoms with Gasteiger partial charge in [-0.05, 0) is 31.4 Å². The van der Waals surface area contributed by atoms with Crippen molar-refractivity contribution in [2.45, 2.75) is 37.8 Å². The van der Waals surface area contributed by atoms with E-state index in [9.17, 15) is 9.90 Å². The summed E-state index contributed by atoms with van der Waals surface area (Å²) < 4.78 is 1.87. The minimum Gasteiger partial charge on any atom is -0.388 e. The van der Waals surface area contributed by atoms with Crippen molar-refractivity contribution in [3.8, 4) is 0 Å². The zero-order valence-corrected chi connectivity index (χ0v) is 15.6. The number of aromatic nitrogens is 2. The van der Waals surface area contributed by atoms with Gasteiger partial charge in [-0.25, -0.2) is 0 Å². The fraction of sp³-hybridized carbons (Fsp3) is 0.364. The summed E-state index contributed by atoms with van der Waals surface area (Å²) in [5, 5.41) is 16.6. The van der Waals surface area contributed by atoms with E-state index in [0.717, 1.165) is 16.5 Å². The van der Waals surface area contributed by atoms with Crippen LogP contribution < -0.4 is 0 Å². The van der Waals surface area contributed by atoms with Gasteiger partial charge in [0.25, 0.3) is 0 Å². The molecule has 140 valence electrons. The molecule has 4 rings (SSSR count). The highest BCUT2D eigenvalue weighted by molar-refractivity contribution is 5.83. The molecule has 1 aliphatic rings.